The Bertz CT molecular complexity index is 1470. The topological polar surface area (TPSA) is 178 Å². The summed E-state index contributed by atoms with van der Waals surface area (Å²) in [5.74, 6) is -1.23. The van der Waals surface area contributed by atoms with E-state index >= 15 is 0 Å². The Balaban J connectivity index is 0.000000524. The Morgan fingerprint density at radius 1 is 0.821 bits per heavy atom. The van der Waals surface area contributed by atoms with Crippen molar-refractivity contribution in [1.82, 2.24) is 20.4 Å². The van der Waals surface area contributed by atoms with Crippen molar-refractivity contribution >= 4 is 36.1 Å². The number of amides is 4. The summed E-state index contributed by atoms with van der Waals surface area (Å²) < 4.78 is 16.1. The van der Waals surface area contributed by atoms with E-state index in [4.69, 9.17) is 23.8 Å². The molecule has 56 heavy (non-hydrogen) atoms. The first-order valence-electron chi connectivity index (χ1n) is 19.3. The molecule has 2 fully saturated rings. The number of fused-ring (bicyclic) bond motifs is 1. The van der Waals surface area contributed by atoms with Crippen molar-refractivity contribution in [2.75, 3.05) is 0 Å². The summed E-state index contributed by atoms with van der Waals surface area (Å²) in [5, 5.41) is 5.44. The van der Waals surface area contributed by atoms with Gasteiger partial charge in [0.2, 0.25) is 11.8 Å². The molecule has 0 aromatic carbocycles. The first kappa shape index (κ1) is 49.6. The fourth-order valence-electron chi connectivity index (χ4n) is 6.76. The lowest BCUT2D eigenvalue weighted by molar-refractivity contribution is -0.191. The number of ether oxygens (including phenoxy) is 3. The van der Waals surface area contributed by atoms with Crippen LogP contribution in [0, 0.1) is 17.3 Å². The zero-order chi connectivity index (χ0) is 43.6. The van der Waals surface area contributed by atoms with Crippen LogP contribution in [0.1, 0.15) is 123 Å². The third-order valence-corrected chi connectivity index (χ3v) is 9.25. The fraction of sp³-hybridized carbons (Fsp3) is 0.714. The Morgan fingerprint density at radius 2 is 1.34 bits per heavy atom. The number of hydrogen-bond acceptors (Lipinski definition) is 10. The molecule has 2 saturated heterocycles. The molecule has 0 saturated carbocycles. The lowest BCUT2D eigenvalue weighted by atomic mass is 9.84. The second-order valence-electron chi connectivity index (χ2n) is 18.6. The highest BCUT2D eigenvalue weighted by Gasteiger charge is 2.47. The van der Waals surface area contributed by atoms with Crippen LogP contribution in [0.25, 0.3) is 0 Å². The van der Waals surface area contributed by atoms with Gasteiger partial charge in [0.1, 0.15) is 34.9 Å². The maximum atomic E-state index is 13.4. The fourth-order valence-corrected chi connectivity index (χ4v) is 6.76. The number of likely N-dealkylation sites (tertiary alicyclic amines) is 1. The van der Waals surface area contributed by atoms with E-state index in [-0.39, 0.29) is 53.3 Å². The quantitative estimate of drug-likeness (QED) is 0.165. The number of carbonyl (C=O) groups excluding carboxylic acids is 7. The van der Waals surface area contributed by atoms with Crippen LogP contribution in [0.3, 0.4) is 0 Å². The third kappa shape index (κ3) is 15.2. The van der Waals surface area contributed by atoms with E-state index in [2.05, 4.69) is 44.6 Å². The van der Waals surface area contributed by atoms with Crippen molar-refractivity contribution in [1.29, 1.82) is 0 Å². The Morgan fingerprint density at radius 3 is 1.80 bits per heavy atom. The number of nitrogens with one attached hydrogen (secondary N) is 2. The van der Waals surface area contributed by atoms with Crippen LogP contribution in [0.4, 0.5) is 9.59 Å². The molecule has 2 unspecified atom stereocenters. The predicted octanol–water partition coefficient (Wildman–Crippen LogP) is 6.50. The minimum absolute atomic E-state index is 0.0216. The molecule has 4 amide bonds. The summed E-state index contributed by atoms with van der Waals surface area (Å²) in [5.41, 5.74) is -1.96. The normalized spacial score (nSPS) is 24.6. The van der Waals surface area contributed by atoms with Crippen LogP contribution in [0.2, 0.25) is 0 Å². The van der Waals surface area contributed by atoms with Gasteiger partial charge in [-0.05, 0) is 93.4 Å². The standard InChI is InChI=1S/C21H36N2O3.C20H32N2O5.CO2/c1-10-14(3)17(22-19(25)26-21(7,8)9)18(24)23-15(11-2)12-13-16(23)20(4,5)6;1-12-8-9-13-10-11-14(17(24)26-19(2,3)4)22(13)16(23)15(12)21-18(25)27-20(5,6)7;2-1-3/h10-11,14-17H,1-2,12-13H2,3-9H3,(H,22,25);8-9,12-15H,10-11H2,1-7H3,(H,21,25);/t14-,15-,16-,17?;12-,13?,14-,15-;/m00./s1. The second kappa shape index (κ2) is 20.1. The molecular formula is C42H68N4O10. The van der Waals surface area contributed by atoms with E-state index < -0.39 is 53.1 Å². The molecule has 3 aliphatic heterocycles. The molecule has 3 heterocycles. The summed E-state index contributed by atoms with van der Waals surface area (Å²) in [4.78, 5) is 83.5. The smallest absolute Gasteiger partial charge is 0.408 e. The molecular weight excluding hydrogens is 720 g/mol. The number of esters is 1. The van der Waals surface area contributed by atoms with Gasteiger partial charge in [0.05, 0.1) is 12.1 Å². The SMILES string of the molecule is C=C[C@H](C)C(NC(=O)OC(C)(C)C)C(=O)N1[C@H](C(C)(C)C)CC[C@@H]1C=C.C[C@H]1C=CC2CC[C@@H](C(=O)OC(C)(C)C)N2C(=O)[C@H]1NC(=O)OC(C)(C)C.O=C=O. The summed E-state index contributed by atoms with van der Waals surface area (Å²) in [6.07, 6.45) is 9.44. The summed E-state index contributed by atoms with van der Waals surface area (Å²) in [6, 6.07) is -2.23. The van der Waals surface area contributed by atoms with Crippen molar-refractivity contribution in [3.63, 3.8) is 0 Å². The average molecular weight is 789 g/mol. The molecule has 14 nitrogen and oxygen atoms in total. The summed E-state index contributed by atoms with van der Waals surface area (Å²) >= 11 is 0. The lowest BCUT2D eigenvalue weighted by Gasteiger charge is -2.40. The molecule has 0 aromatic heterocycles. The van der Waals surface area contributed by atoms with Gasteiger partial charge in [-0.15, -0.1) is 13.2 Å². The van der Waals surface area contributed by atoms with Gasteiger partial charge in [-0.25, -0.2) is 14.4 Å². The molecule has 2 N–H and O–H groups in total. The first-order valence-corrected chi connectivity index (χ1v) is 19.3. The van der Waals surface area contributed by atoms with Gasteiger partial charge >= 0.3 is 24.3 Å². The minimum Gasteiger partial charge on any atom is -0.458 e. The average Bonchev–Trinajstić information content (AvgIpc) is 3.65. The molecule has 3 rings (SSSR count). The van der Waals surface area contributed by atoms with Gasteiger partial charge in [-0.3, -0.25) is 9.59 Å². The van der Waals surface area contributed by atoms with E-state index in [0.717, 1.165) is 12.8 Å². The van der Waals surface area contributed by atoms with Crippen LogP contribution in [-0.2, 0) is 38.2 Å². The molecule has 0 radical (unpaired) electrons. The molecule has 0 spiro atoms. The maximum Gasteiger partial charge on any atom is 0.408 e. The van der Waals surface area contributed by atoms with Gasteiger partial charge < -0.3 is 34.6 Å². The molecule has 316 valence electrons. The van der Waals surface area contributed by atoms with Crippen LogP contribution >= 0.6 is 0 Å². The van der Waals surface area contributed by atoms with E-state index in [1.807, 2.05) is 37.0 Å². The highest BCUT2D eigenvalue weighted by Crippen LogP contribution is 2.37. The molecule has 0 aromatic rings. The van der Waals surface area contributed by atoms with Gasteiger partial charge in [0.15, 0.2) is 0 Å². The largest absolute Gasteiger partial charge is 0.458 e. The molecule has 14 heteroatoms. The van der Waals surface area contributed by atoms with Crippen molar-refractivity contribution in [3.05, 3.63) is 37.5 Å². The number of alkyl carbamates (subject to hydrolysis) is 2. The Hall–Kier alpha value is -4.45. The summed E-state index contributed by atoms with van der Waals surface area (Å²) in [7, 11) is 0. The van der Waals surface area contributed by atoms with Crippen molar-refractivity contribution in [2.24, 2.45) is 17.3 Å². The molecule has 8 atom stereocenters. The van der Waals surface area contributed by atoms with E-state index in [1.54, 1.807) is 73.3 Å². The van der Waals surface area contributed by atoms with Gasteiger partial charge in [-0.2, -0.15) is 9.59 Å². The van der Waals surface area contributed by atoms with Gasteiger partial charge in [-0.1, -0.05) is 58.9 Å². The highest BCUT2D eigenvalue weighted by atomic mass is 16.6. The van der Waals surface area contributed by atoms with E-state index in [9.17, 15) is 24.0 Å². The zero-order valence-electron chi connectivity index (χ0n) is 36.1. The van der Waals surface area contributed by atoms with Crippen LogP contribution in [0.15, 0.2) is 37.5 Å². The van der Waals surface area contributed by atoms with Gasteiger partial charge in [0.25, 0.3) is 0 Å². The third-order valence-electron chi connectivity index (χ3n) is 9.25. The minimum atomic E-state index is -0.788. The predicted molar refractivity (Wildman–Crippen MR) is 212 cm³/mol. The van der Waals surface area contributed by atoms with Crippen LogP contribution in [-0.4, -0.2) is 99.0 Å². The van der Waals surface area contributed by atoms with Crippen molar-refractivity contribution < 1.29 is 47.8 Å². The summed E-state index contributed by atoms with van der Waals surface area (Å²) in [6.45, 7) is 33.9. The monoisotopic (exact) mass is 788 g/mol. The lowest BCUT2D eigenvalue weighted by Crippen LogP contribution is -2.57. The number of carbonyl (C=O) groups is 5. The maximum absolute atomic E-state index is 13.4. The van der Waals surface area contributed by atoms with Crippen LogP contribution in [0.5, 0.6) is 0 Å². The Labute approximate surface area is 334 Å². The number of rotatable bonds is 7. The van der Waals surface area contributed by atoms with E-state index in [1.165, 1.54) is 0 Å². The first-order chi connectivity index (χ1) is 25.5. The molecule has 0 bridgehead atoms. The van der Waals surface area contributed by atoms with Gasteiger partial charge in [0, 0.05) is 17.9 Å². The number of hydrogen-bond donors (Lipinski definition) is 2. The second-order valence-corrected chi connectivity index (χ2v) is 18.6. The van der Waals surface area contributed by atoms with Crippen molar-refractivity contribution in [3.8, 4) is 0 Å². The molecule has 0 aliphatic carbocycles. The van der Waals surface area contributed by atoms with Crippen LogP contribution < -0.4 is 10.6 Å². The van der Waals surface area contributed by atoms with Crippen molar-refractivity contribution in [2.45, 2.75) is 176 Å². The molecule has 3 aliphatic rings. The number of nitrogens with zero attached hydrogens (tertiary/aromatic N) is 2. The highest BCUT2D eigenvalue weighted by molar-refractivity contribution is 5.91. The zero-order valence-corrected chi connectivity index (χ0v) is 36.1. The van der Waals surface area contributed by atoms with E-state index in [0.29, 0.717) is 12.8 Å². The Kier molecular flexibility index (Phi) is 17.8.